The number of benzene rings is 1. The Balaban J connectivity index is 1.92. The Bertz CT molecular complexity index is 408. The summed E-state index contributed by atoms with van der Waals surface area (Å²) >= 11 is 0. The Kier molecular flexibility index (Phi) is 4.04. The Labute approximate surface area is 106 Å². The van der Waals surface area contributed by atoms with Crippen molar-refractivity contribution in [3.63, 3.8) is 0 Å². The first-order chi connectivity index (χ1) is 8.68. The van der Waals surface area contributed by atoms with Gasteiger partial charge in [-0.25, -0.2) is 0 Å². The first kappa shape index (κ1) is 12.7. The van der Waals surface area contributed by atoms with E-state index >= 15 is 0 Å². The van der Waals surface area contributed by atoms with Gasteiger partial charge in [0.2, 0.25) is 0 Å². The average molecular weight is 250 g/mol. The van der Waals surface area contributed by atoms with E-state index in [1.54, 1.807) is 11.0 Å². The number of carbonyl (C=O) groups is 1. The van der Waals surface area contributed by atoms with E-state index in [2.05, 4.69) is 0 Å². The minimum atomic E-state index is -0.0269. The lowest BCUT2D eigenvalue weighted by Crippen LogP contribution is -2.43. The van der Waals surface area contributed by atoms with Crippen molar-refractivity contribution in [2.75, 3.05) is 38.6 Å². The Morgan fingerprint density at radius 1 is 1.44 bits per heavy atom. The normalized spacial score (nSPS) is 15.5. The number of hydrogen-bond donors (Lipinski definition) is 1. The van der Waals surface area contributed by atoms with Crippen LogP contribution >= 0.6 is 0 Å². The Morgan fingerprint density at radius 3 is 2.83 bits per heavy atom. The number of nitrogen functional groups attached to an aromatic ring is 1. The molecule has 5 heteroatoms. The molecule has 5 nitrogen and oxygen atoms in total. The second kappa shape index (κ2) is 5.73. The highest BCUT2D eigenvalue weighted by Gasteiger charge is 2.17. The van der Waals surface area contributed by atoms with Gasteiger partial charge in [-0.1, -0.05) is 12.1 Å². The number of morpholine rings is 1. The predicted octanol–water partition coefficient (Wildman–Crippen LogP) is 0.815. The highest BCUT2D eigenvalue weighted by Crippen LogP contribution is 2.25. The number of rotatable bonds is 3. The van der Waals surface area contributed by atoms with Crippen LogP contribution in [0.2, 0.25) is 0 Å². The average Bonchev–Trinajstić information content (AvgIpc) is 2.39. The van der Waals surface area contributed by atoms with Gasteiger partial charge in [-0.05, 0) is 18.6 Å². The molecule has 1 heterocycles. The maximum atomic E-state index is 11.9. The summed E-state index contributed by atoms with van der Waals surface area (Å²) in [5.41, 5.74) is 7.31. The number of hydrogen-bond acceptors (Lipinski definition) is 4. The van der Waals surface area contributed by atoms with Crippen molar-refractivity contribution >= 4 is 11.6 Å². The molecule has 98 valence electrons. The highest BCUT2D eigenvalue weighted by molar-refractivity contribution is 5.78. The molecule has 2 N–H and O–H groups in total. The van der Waals surface area contributed by atoms with Crippen LogP contribution in [-0.2, 0) is 9.53 Å². The fourth-order valence-corrected chi connectivity index (χ4v) is 1.91. The van der Waals surface area contributed by atoms with Gasteiger partial charge in [0.1, 0.15) is 5.75 Å². The third-order valence-electron chi connectivity index (χ3n) is 2.95. The van der Waals surface area contributed by atoms with Crippen LogP contribution in [0.5, 0.6) is 5.75 Å². The number of carbonyl (C=O) groups excluding carboxylic acids is 1. The lowest BCUT2D eigenvalue weighted by atomic mass is 10.2. The summed E-state index contributed by atoms with van der Waals surface area (Å²) in [6, 6.07) is 5.54. The van der Waals surface area contributed by atoms with Gasteiger partial charge < -0.3 is 20.1 Å². The molecule has 18 heavy (non-hydrogen) atoms. The molecule has 0 bridgehead atoms. The molecule has 1 fully saturated rings. The number of aryl methyl sites for hydroxylation is 1. The van der Waals surface area contributed by atoms with Gasteiger partial charge in [0.15, 0.2) is 6.61 Å². The van der Waals surface area contributed by atoms with Crippen molar-refractivity contribution in [2.24, 2.45) is 0 Å². The summed E-state index contributed by atoms with van der Waals surface area (Å²) < 4.78 is 10.7. The van der Waals surface area contributed by atoms with E-state index in [1.165, 1.54) is 0 Å². The maximum absolute atomic E-state index is 11.9. The van der Waals surface area contributed by atoms with Crippen molar-refractivity contribution in [2.45, 2.75) is 6.92 Å². The molecule has 2 rings (SSSR count). The van der Waals surface area contributed by atoms with E-state index in [1.807, 2.05) is 19.1 Å². The van der Waals surface area contributed by atoms with Gasteiger partial charge in [-0.3, -0.25) is 4.79 Å². The molecule has 1 saturated heterocycles. The highest BCUT2D eigenvalue weighted by atomic mass is 16.5. The van der Waals surface area contributed by atoms with Crippen LogP contribution < -0.4 is 10.5 Å². The third-order valence-corrected chi connectivity index (χ3v) is 2.95. The smallest absolute Gasteiger partial charge is 0.260 e. The summed E-state index contributed by atoms with van der Waals surface area (Å²) in [6.07, 6.45) is 0. The summed E-state index contributed by atoms with van der Waals surface area (Å²) in [5.74, 6) is 0.570. The van der Waals surface area contributed by atoms with Crippen LogP contribution in [0, 0.1) is 6.92 Å². The largest absolute Gasteiger partial charge is 0.481 e. The summed E-state index contributed by atoms with van der Waals surface area (Å²) in [6.45, 7) is 4.38. The van der Waals surface area contributed by atoms with Crippen LogP contribution in [0.25, 0.3) is 0 Å². The maximum Gasteiger partial charge on any atom is 0.260 e. The Hall–Kier alpha value is -1.75. The van der Waals surface area contributed by atoms with E-state index in [0.29, 0.717) is 37.7 Å². The van der Waals surface area contributed by atoms with Crippen LogP contribution in [0.4, 0.5) is 5.69 Å². The number of nitrogens with zero attached hydrogens (tertiary/aromatic N) is 1. The summed E-state index contributed by atoms with van der Waals surface area (Å²) in [4.78, 5) is 13.6. The SMILES string of the molecule is Cc1cccc(N)c1OCC(=O)N1CCOCC1. The third kappa shape index (κ3) is 2.92. The minimum absolute atomic E-state index is 0.0229. The molecule has 0 aromatic heterocycles. The quantitative estimate of drug-likeness (QED) is 0.806. The van der Waals surface area contributed by atoms with E-state index in [9.17, 15) is 4.79 Å². The van der Waals surface area contributed by atoms with E-state index in [4.69, 9.17) is 15.2 Å². The van der Waals surface area contributed by atoms with Crippen LogP contribution in [0.3, 0.4) is 0 Å². The lowest BCUT2D eigenvalue weighted by Gasteiger charge is -2.26. The lowest BCUT2D eigenvalue weighted by molar-refractivity contribution is -0.137. The molecule has 0 unspecified atom stereocenters. The molecule has 0 aliphatic carbocycles. The van der Waals surface area contributed by atoms with E-state index in [0.717, 1.165) is 5.56 Å². The number of nitrogens with two attached hydrogens (primary N) is 1. The first-order valence-electron chi connectivity index (χ1n) is 6.02. The summed E-state index contributed by atoms with van der Waals surface area (Å²) in [5, 5.41) is 0. The molecule has 1 aromatic carbocycles. The van der Waals surface area contributed by atoms with Gasteiger partial charge in [-0.2, -0.15) is 0 Å². The fourth-order valence-electron chi connectivity index (χ4n) is 1.91. The van der Waals surface area contributed by atoms with Crippen molar-refractivity contribution in [3.05, 3.63) is 23.8 Å². The molecule has 1 amide bonds. The van der Waals surface area contributed by atoms with Crippen molar-refractivity contribution in [1.29, 1.82) is 0 Å². The second-order valence-corrected chi connectivity index (χ2v) is 4.28. The standard InChI is InChI=1S/C13H18N2O3/c1-10-3-2-4-11(14)13(10)18-9-12(16)15-5-7-17-8-6-15/h2-4H,5-9,14H2,1H3. The molecule has 1 aliphatic heterocycles. The molecule has 0 saturated carbocycles. The predicted molar refractivity (Wildman–Crippen MR) is 68.5 cm³/mol. The molecule has 0 atom stereocenters. The molecular formula is C13H18N2O3. The molecule has 0 radical (unpaired) electrons. The summed E-state index contributed by atoms with van der Waals surface area (Å²) in [7, 11) is 0. The second-order valence-electron chi connectivity index (χ2n) is 4.28. The molecule has 0 spiro atoms. The zero-order chi connectivity index (χ0) is 13.0. The Morgan fingerprint density at radius 2 is 2.17 bits per heavy atom. The zero-order valence-corrected chi connectivity index (χ0v) is 10.5. The molecule has 1 aromatic rings. The van der Waals surface area contributed by atoms with Gasteiger partial charge in [-0.15, -0.1) is 0 Å². The monoisotopic (exact) mass is 250 g/mol. The van der Waals surface area contributed by atoms with Gasteiger partial charge in [0.25, 0.3) is 5.91 Å². The first-order valence-corrected chi connectivity index (χ1v) is 6.02. The van der Waals surface area contributed by atoms with Gasteiger partial charge >= 0.3 is 0 Å². The van der Waals surface area contributed by atoms with Gasteiger partial charge in [0, 0.05) is 13.1 Å². The van der Waals surface area contributed by atoms with Crippen LogP contribution in [-0.4, -0.2) is 43.7 Å². The van der Waals surface area contributed by atoms with Crippen LogP contribution in [0.1, 0.15) is 5.56 Å². The van der Waals surface area contributed by atoms with Crippen molar-refractivity contribution in [3.8, 4) is 5.75 Å². The fraction of sp³-hybridized carbons (Fsp3) is 0.462. The van der Waals surface area contributed by atoms with E-state index in [-0.39, 0.29) is 12.5 Å². The number of amides is 1. The van der Waals surface area contributed by atoms with Crippen molar-refractivity contribution < 1.29 is 14.3 Å². The van der Waals surface area contributed by atoms with Crippen LogP contribution in [0.15, 0.2) is 18.2 Å². The van der Waals surface area contributed by atoms with Crippen molar-refractivity contribution in [1.82, 2.24) is 4.90 Å². The molecular weight excluding hydrogens is 232 g/mol. The number of anilines is 1. The number of ether oxygens (including phenoxy) is 2. The minimum Gasteiger partial charge on any atom is -0.481 e. The molecule has 1 aliphatic rings. The topological polar surface area (TPSA) is 64.8 Å². The zero-order valence-electron chi connectivity index (χ0n) is 10.5. The van der Waals surface area contributed by atoms with E-state index < -0.39 is 0 Å². The number of para-hydroxylation sites is 1. The van der Waals surface area contributed by atoms with Gasteiger partial charge in [0.05, 0.1) is 18.9 Å².